The fourth-order valence-corrected chi connectivity index (χ4v) is 1.69. The first-order valence-electron chi connectivity index (χ1n) is 6.70. The van der Waals surface area contributed by atoms with Gasteiger partial charge in [0.2, 0.25) is 0 Å². The van der Waals surface area contributed by atoms with E-state index in [0.717, 1.165) is 16.8 Å². The molecule has 1 N–H and O–H groups in total. The summed E-state index contributed by atoms with van der Waals surface area (Å²) in [6, 6.07) is 5.81. The smallest absolute Gasteiger partial charge is 0.306 e. The number of benzene rings is 1. The summed E-state index contributed by atoms with van der Waals surface area (Å²) in [6.07, 6.45) is 0.295. The molecule has 0 saturated heterocycles. The van der Waals surface area contributed by atoms with Gasteiger partial charge in [0.15, 0.2) is 6.61 Å². The molecule has 1 amide bonds. The average molecular weight is 277 g/mol. The second kappa shape index (κ2) is 6.55. The van der Waals surface area contributed by atoms with E-state index in [2.05, 4.69) is 5.32 Å². The summed E-state index contributed by atoms with van der Waals surface area (Å²) in [5.41, 5.74) is 2.66. The van der Waals surface area contributed by atoms with Crippen molar-refractivity contribution < 1.29 is 14.3 Å². The number of hydrogen-bond acceptors (Lipinski definition) is 3. The molecule has 4 nitrogen and oxygen atoms in total. The number of hydrogen-bond donors (Lipinski definition) is 1. The Morgan fingerprint density at radius 1 is 1.20 bits per heavy atom. The molecule has 20 heavy (non-hydrogen) atoms. The van der Waals surface area contributed by atoms with Crippen LogP contribution in [0.1, 0.15) is 38.3 Å². The highest BCUT2D eigenvalue weighted by molar-refractivity contribution is 5.93. The highest BCUT2D eigenvalue weighted by Crippen LogP contribution is 2.19. The third-order valence-corrected chi connectivity index (χ3v) is 2.71. The van der Waals surface area contributed by atoms with Crippen LogP contribution >= 0.6 is 0 Å². The van der Waals surface area contributed by atoms with E-state index in [4.69, 9.17) is 4.74 Å². The molecule has 0 aliphatic heterocycles. The summed E-state index contributed by atoms with van der Waals surface area (Å²) in [5.74, 6) is -0.672. The largest absolute Gasteiger partial charge is 0.456 e. The summed E-state index contributed by atoms with van der Waals surface area (Å²) in [4.78, 5) is 23.3. The Balaban J connectivity index is 2.48. The lowest BCUT2D eigenvalue weighted by molar-refractivity contribution is -0.149. The van der Waals surface area contributed by atoms with Crippen molar-refractivity contribution in [2.24, 2.45) is 5.41 Å². The normalized spacial score (nSPS) is 11.1. The van der Waals surface area contributed by atoms with Crippen LogP contribution in [0.25, 0.3) is 0 Å². The zero-order chi connectivity index (χ0) is 15.3. The van der Waals surface area contributed by atoms with Gasteiger partial charge in [0, 0.05) is 5.69 Å². The van der Waals surface area contributed by atoms with Gasteiger partial charge in [-0.05, 0) is 36.5 Å². The first kappa shape index (κ1) is 16.2. The number of aryl methyl sites for hydroxylation is 2. The highest BCUT2D eigenvalue weighted by Gasteiger charge is 2.18. The van der Waals surface area contributed by atoms with Crippen molar-refractivity contribution in [2.45, 2.75) is 41.0 Å². The van der Waals surface area contributed by atoms with Crippen molar-refractivity contribution in [1.29, 1.82) is 0 Å². The summed E-state index contributed by atoms with van der Waals surface area (Å²) >= 11 is 0. The fraction of sp³-hybridized carbons (Fsp3) is 0.500. The third-order valence-electron chi connectivity index (χ3n) is 2.71. The Labute approximate surface area is 120 Å². The minimum atomic E-state index is -0.353. The molecule has 0 aromatic heterocycles. The maximum absolute atomic E-state index is 11.8. The molecule has 4 heteroatoms. The van der Waals surface area contributed by atoms with Gasteiger partial charge in [-0.2, -0.15) is 0 Å². The van der Waals surface area contributed by atoms with E-state index in [0.29, 0.717) is 6.42 Å². The number of rotatable bonds is 4. The quantitative estimate of drug-likeness (QED) is 0.860. The Kier molecular flexibility index (Phi) is 5.31. The van der Waals surface area contributed by atoms with Gasteiger partial charge >= 0.3 is 5.97 Å². The van der Waals surface area contributed by atoms with Crippen LogP contribution in [-0.4, -0.2) is 18.5 Å². The number of nitrogens with one attached hydrogen (secondary N) is 1. The van der Waals surface area contributed by atoms with Gasteiger partial charge in [-0.15, -0.1) is 0 Å². The standard InChI is InChI=1S/C16H23NO3/c1-11-6-7-12(2)13(8-11)17-14(18)10-20-15(19)9-16(3,4)5/h6-8H,9-10H2,1-5H3,(H,17,18). The van der Waals surface area contributed by atoms with E-state index < -0.39 is 0 Å². The van der Waals surface area contributed by atoms with E-state index in [1.165, 1.54) is 0 Å². The summed E-state index contributed by atoms with van der Waals surface area (Å²) < 4.78 is 4.97. The first-order valence-corrected chi connectivity index (χ1v) is 6.70. The first-order chi connectivity index (χ1) is 9.17. The number of carbonyl (C=O) groups is 2. The van der Waals surface area contributed by atoms with Crippen LogP contribution in [0.2, 0.25) is 0 Å². The molecule has 0 unspecified atom stereocenters. The molecule has 1 aromatic rings. The topological polar surface area (TPSA) is 55.4 Å². The minimum Gasteiger partial charge on any atom is -0.456 e. The third kappa shape index (κ3) is 5.87. The number of carbonyl (C=O) groups excluding carboxylic acids is 2. The van der Waals surface area contributed by atoms with Gasteiger partial charge in [0.25, 0.3) is 5.91 Å². The highest BCUT2D eigenvalue weighted by atomic mass is 16.5. The molecule has 0 fully saturated rings. The molecule has 0 aliphatic carbocycles. The van der Waals surface area contributed by atoms with Crippen molar-refractivity contribution in [3.05, 3.63) is 29.3 Å². The van der Waals surface area contributed by atoms with Crippen molar-refractivity contribution in [1.82, 2.24) is 0 Å². The molecule has 1 rings (SSSR count). The molecule has 0 atom stereocenters. The zero-order valence-electron chi connectivity index (χ0n) is 12.9. The maximum atomic E-state index is 11.8. The minimum absolute atomic E-state index is 0.138. The Morgan fingerprint density at radius 2 is 1.85 bits per heavy atom. The Hall–Kier alpha value is -1.84. The van der Waals surface area contributed by atoms with Gasteiger partial charge in [-0.25, -0.2) is 0 Å². The number of esters is 1. The van der Waals surface area contributed by atoms with Crippen LogP contribution in [0.4, 0.5) is 5.69 Å². The number of ether oxygens (including phenoxy) is 1. The van der Waals surface area contributed by atoms with Gasteiger partial charge in [-0.1, -0.05) is 32.9 Å². The van der Waals surface area contributed by atoms with Crippen molar-refractivity contribution >= 4 is 17.6 Å². The van der Waals surface area contributed by atoms with E-state index in [-0.39, 0.29) is 23.9 Å². The molecule has 0 aliphatic rings. The fourth-order valence-electron chi connectivity index (χ4n) is 1.69. The Morgan fingerprint density at radius 3 is 2.45 bits per heavy atom. The Bertz CT molecular complexity index is 501. The lowest BCUT2D eigenvalue weighted by Gasteiger charge is -2.16. The van der Waals surface area contributed by atoms with Crippen LogP contribution in [-0.2, 0) is 14.3 Å². The predicted octanol–water partition coefficient (Wildman–Crippen LogP) is 3.22. The van der Waals surface area contributed by atoms with Gasteiger partial charge in [0.05, 0.1) is 6.42 Å². The van der Waals surface area contributed by atoms with E-state index in [1.807, 2.05) is 52.8 Å². The molecule has 0 radical (unpaired) electrons. The van der Waals surface area contributed by atoms with Crippen molar-refractivity contribution in [2.75, 3.05) is 11.9 Å². The van der Waals surface area contributed by atoms with Crippen LogP contribution in [0.5, 0.6) is 0 Å². The second-order valence-corrected chi connectivity index (χ2v) is 6.26. The zero-order valence-corrected chi connectivity index (χ0v) is 12.9. The molecule has 0 saturated carbocycles. The molecule has 0 bridgehead atoms. The number of anilines is 1. The van der Waals surface area contributed by atoms with Crippen LogP contribution in [0.15, 0.2) is 18.2 Å². The van der Waals surface area contributed by atoms with E-state index in [9.17, 15) is 9.59 Å². The van der Waals surface area contributed by atoms with Crippen LogP contribution < -0.4 is 5.32 Å². The molecule has 1 aromatic carbocycles. The van der Waals surface area contributed by atoms with Crippen LogP contribution in [0, 0.1) is 19.3 Å². The van der Waals surface area contributed by atoms with Gasteiger partial charge < -0.3 is 10.1 Å². The SMILES string of the molecule is Cc1ccc(C)c(NC(=O)COC(=O)CC(C)(C)C)c1. The molecule has 110 valence electrons. The van der Waals surface area contributed by atoms with Gasteiger partial charge in [-0.3, -0.25) is 9.59 Å². The summed E-state index contributed by atoms with van der Waals surface area (Å²) in [6.45, 7) is 9.47. The lowest BCUT2D eigenvalue weighted by atomic mass is 9.92. The molecular formula is C16H23NO3. The molecular weight excluding hydrogens is 254 g/mol. The predicted molar refractivity (Wildman–Crippen MR) is 79.6 cm³/mol. The molecule has 0 heterocycles. The molecule has 0 spiro atoms. The summed E-state index contributed by atoms with van der Waals surface area (Å²) in [5, 5.41) is 2.75. The maximum Gasteiger partial charge on any atom is 0.306 e. The van der Waals surface area contributed by atoms with Crippen molar-refractivity contribution in [3.8, 4) is 0 Å². The van der Waals surface area contributed by atoms with E-state index in [1.54, 1.807) is 0 Å². The van der Waals surface area contributed by atoms with Crippen molar-refractivity contribution in [3.63, 3.8) is 0 Å². The second-order valence-electron chi connectivity index (χ2n) is 6.26. The van der Waals surface area contributed by atoms with E-state index >= 15 is 0 Å². The average Bonchev–Trinajstić information content (AvgIpc) is 2.29. The van der Waals surface area contributed by atoms with Gasteiger partial charge in [0.1, 0.15) is 0 Å². The lowest BCUT2D eigenvalue weighted by Crippen LogP contribution is -2.23. The summed E-state index contributed by atoms with van der Waals surface area (Å²) in [7, 11) is 0. The number of amides is 1. The monoisotopic (exact) mass is 277 g/mol. The van der Waals surface area contributed by atoms with Crippen LogP contribution in [0.3, 0.4) is 0 Å².